The molecule has 1 aromatic carbocycles. The molecule has 2 heteroatoms. The van der Waals surface area contributed by atoms with Gasteiger partial charge < -0.3 is 10.2 Å². The molecule has 1 aliphatic rings. The van der Waals surface area contributed by atoms with E-state index in [9.17, 15) is 0 Å². The van der Waals surface area contributed by atoms with Crippen molar-refractivity contribution in [3.8, 4) is 0 Å². The number of hydrogen-bond donors (Lipinski definition) is 1. The fourth-order valence-electron chi connectivity index (χ4n) is 3.68. The van der Waals surface area contributed by atoms with Crippen molar-refractivity contribution < 1.29 is 0 Å². The molecule has 0 bridgehead atoms. The van der Waals surface area contributed by atoms with E-state index in [1.54, 1.807) is 0 Å². The van der Waals surface area contributed by atoms with Crippen molar-refractivity contribution in [2.75, 3.05) is 21.1 Å². The van der Waals surface area contributed by atoms with E-state index < -0.39 is 0 Å². The van der Waals surface area contributed by atoms with Crippen molar-refractivity contribution in [3.63, 3.8) is 0 Å². The predicted octanol–water partition coefficient (Wildman–Crippen LogP) is 3.08. The standard InChI is InChI=1S/C17H28N2/c1-18-16(14-15-10-6-4-7-11-15)17(19(2)3)12-8-5-9-13-17/h4,6-7,10-11,16,18H,5,8-9,12-14H2,1-3H3. The molecule has 1 unspecified atom stereocenters. The van der Waals surface area contributed by atoms with Crippen LogP contribution < -0.4 is 5.32 Å². The summed E-state index contributed by atoms with van der Waals surface area (Å²) in [6, 6.07) is 11.4. The first-order chi connectivity index (χ1) is 9.19. The van der Waals surface area contributed by atoms with E-state index in [1.807, 2.05) is 0 Å². The van der Waals surface area contributed by atoms with E-state index in [-0.39, 0.29) is 0 Å². The van der Waals surface area contributed by atoms with Crippen LogP contribution >= 0.6 is 0 Å². The number of nitrogens with one attached hydrogen (secondary N) is 1. The summed E-state index contributed by atoms with van der Waals surface area (Å²) < 4.78 is 0. The van der Waals surface area contributed by atoms with E-state index in [0.717, 1.165) is 6.42 Å². The number of rotatable bonds is 5. The smallest absolute Gasteiger partial charge is 0.0359 e. The van der Waals surface area contributed by atoms with Crippen molar-refractivity contribution in [3.05, 3.63) is 35.9 Å². The molecule has 1 aromatic rings. The van der Waals surface area contributed by atoms with Gasteiger partial charge in [0.25, 0.3) is 0 Å². The maximum atomic E-state index is 3.60. The Balaban J connectivity index is 2.17. The minimum Gasteiger partial charge on any atom is -0.315 e. The quantitative estimate of drug-likeness (QED) is 0.875. The lowest BCUT2D eigenvalue weighted by Gasteiger charge is -2.48. The molecule has 0 aliphatic heterocycles. The Bertz CT molecular complexity index is 366. The first-order valence-electron chi connectivity index (χ1n) is 7.57. The van der Waals surface area contributed by atoms with Gasteiger partial charge in [0.15, 0.2) is 0 Å². The molecule has 1 saturated carbocycles. The highest BCUT2D eigenvalue weighted by molar-refractivity contribution is 5.18. The van der Waals surface area contributed by atoms with Crippen molar-refractivity contribution in [2.24, 2.45) is 0 Å². The van der Waals surface area contributed by atoms with Crippen molar-refractivity contribution in [2.45, 2.75) is 50.1 Å². The summed E-state index contributed by atoms with van der Waals surface area (Å²) in [6.45, 7) is 0. The molecule has 19 heavy (non-hydrogen) atoms. The van der Waals surface area contributed by atoms with Crippen molar-refractivity contribution in [1.29, 1.82) is 0 Å². The fourth-order valence-corrected chi connectivity index (χ4v) is 3.68. The average Bonchev–Trinajstić information content (AvgIpc) is 2.46. The summed E-state index contributed by atoms with van der Waals surface area (Å²) in [6.07, 6.45) is 7.89. The third kappa shape index (κ3) is 3.18. The highest BCUT2D eigenvalue weighted by Gasteiger charge is 2.40. The summed E-state index contributed by atoms with van der Waals surface area (Å²) in [5.41, 5.74) is 1.76. The van der Waals surface area contributed by atoms with Crippen LogP contribution in [0.2, 0.25) is 0 Å². The Morgan fingerprint density at radius 1 is 1.11 bits per heavy atom. The zero-order chi connectivity index (χ0) is 13.7. The Morgan fingerprint density at radius 3 is 2.26 bits per heavy atom. The number of nitrogens with zero attached hydrogens (tertiary/aromatic N) is 1. The highest BCUT2D eigenvalue weighted by atomic mass is 15.2. The van der Waals surface area contributed by atoms with Gasteiger partial charge in [0.1, 0.15) is 0 Å². The molecule has 1 atom stereocenters. The van der Waals surface area contributed by atoms with Crippen LogP contribution in [0, 0.1) is 0 Å². The number of benzene rings is 1. The summed E-state index contributed by atoms with van der Waals surface area (Å²) in [5, 5.41) is 3.60. The molecule has 1 fully saturated rings. The molecule has 0 saturated heterocycles. The van der Waals surface area contributed by atoms with Gasteiger partial charge in [-0.1, -0.05) is 49.6 Å². The topological polar surface area (TPSA) is 15.3 Å². The van der Waals surface area contributed by atoms with Crippen LogP contribution in [0.1, 0.15) is 37.7 Å². The largest absolute Gasteiger partial charge is 0.315 e. The normalized spacial score (nSPS) is 20.4. The Morgan fingerprint density at radius 2 is 1.74 bits per heavy atom. The van der Waals surface area contributed by atoms with Crippen LogP contribution in [0.4, 0.5) is 0 Å². The highest BCUT2D eigenvalue weighted by Crippen LogP contribution is 2.36. The van der Waals surface area contributed by atoms with E-state index in [4.69, 9.17) is 0 Å². The molecule has 1 aliphatic carbocycles. The van der Waals surface area contributed by atoms with Crippen LogP contribution in [-0.2, 0) is 6.42 Å². The van der Waals surface area contributed by atoms with Gasteiger partial charge in [-0.15, -0.1) is 0 Å². The molecule has 0 aromatic heterocycles. The van der Waals surface area contributed by atoms with Gasteiger partial charge in [0, 0.05) is 11.6 Å². The molecule has 2 nitrogen and oxygen atoms in total. The van der Waals surface area contributed by atoms with Gasteiger partial charge in [-0.2, -0.15) is 0 Å². The zero-order valence-corrected chi connectivity index (χ0v) is 12.7. The van der Waals surface area contributed by atoms with E-state index in [2.05, 4.69) is 61.7 Å². The molecular weight excluding hydrogens is 232 g/mol. The maximum absolute atomic E-state index is 3.60. The predicted molar refractivity (Wildman–Crippen MR) is 82.5 cm³/mol. The van der Waals surface area contributed by atoms with Crippen molar-refractivity contribution >= 4 is 0 Å². The third-order valence-electron chi connectivity index (χ3n) is 4.89. The van der Waals surface area contributed by atoms with Crippen LogP contribution in [0.3, 0.4) is 0 Å². The Hall–Kier alpha value is -0.860. The Labute approximate surface area is 118 Å². The van der Waals surface area contributed by atoms with E-state index in [0.29, 0.717) is 11.6 Å². The van der Waals surface area contributed by atoms with Gasteiger partial charge in [0.05, 0.1) is 0 Å². The summed E-state index contributed by atoms with van der Waals surface area (Å²) in [7, 11) is 6.62. The minimum atomic E-state index is 0.322. The summed E-state index contributed by atoms with van der Waals surface area (Å²) >= 11 is 0. The summed E-state index contributed by atoms with van der Waals surface area (Å²) in [5.74, 6) is 0. The van der Waals surface area contributed by atoms with Gasteiger partial charge in [-0.3, -0.25) is 0 Å². The molecule has 1 N–H and O–H groups in total. The summed E-state index contributed by atoms with van der Waals surface area (Å²) in [4.78, 5) is 2.47. The number of likely N-dealkylation sites (N-methyl/N-ethyl adjacent to an activating group) is 2. The SMILES string of the molecule is CNC(Cc1ccccc1)C1(N(C)C)CCCCC1. The van der Waals surface area contributed by atoms with E-state index in [1.165, 1.54) is 37.7 Å². The lowest BCUT2D eigenvalue weighted by atomic mass is 9.73. The second-order valence-corrected chi connectivity index (χ2v) is 6.09. The molecule has 106 valence electrons. The monoisotopic (exact) mass is 260 g/mol. The minimum absolute atomic E-state index is 0.322. The Kier molecular flexibility index (Phi) is 5.00. The molecule has 0 amide bonds. The third-order valence-corrected chi connectivity index (χ3v) is 4.89. The molecular formula is C17H28N2. The van der Waals surface area contributed by atoms with Crippen LogP contribution in [0.5, 0.6) is 0 Å². The van der Waals surface area contributed by atoms with Crippen molar-refractivity contribution in [1.82, 2.24) is 10.2 Å². The maximum Gasteiger partial charge on any atom is 0.0359 e. The second-order valence-electron chi connectivity index (χ2n) is 6.09. The second kappa shape index (κ2) is 6.53. The van der Waals surface area contributed by atoms with Crippen LogP contribution in [0.25, 0.3) is 0 Å². The van der Waals surface area contributed by atoms with Gasteiger partial charge in [0.2, 0.25) is 0 Å². The zero-order valence-electron chi connectivity index (χ0n) is 12.7. The lowest BCUT2D eigenvalue weighted by molar-refractivity contribution is 0.0598. The van der Waals surface area contributed by atoms with Gasteiger partial charge >= 0.3 is 0 Å². The molecule has 2 rings (SSSR count). The molecule has 0 radical (unpaired) electrons. The van der Waals surface area contributed by atoms with E-state index >= 15 is 0 Å². The number of hydrogen-bond acceptors (Lipinski definition) is 2. The van der Waals surface area contributed by atoms with Crippen LogP contribution in [0.15, 0.2) is 30.3 Å². The first kappa shape index (κ1) is 14.5. The average molecular weight is 260 g/mol. The molecule has 0 heterocycles. The van der Waals surface area contributed by atoms with Gasteiger partial charge in [-0.25, -0.2) is 0 Å². The first-order valence-corrected chi connectivity index (χ1v) is 7.57. The lowest BCUT2D eigenvalue weighted by Crippen LogP contribution is -2.60. The van der Waals surface area contributed by atoms with Crippen LogP contribution in [-0.4, -0.2) is 37.6 Å². The molecule has 0 spiro atoms. The van der Waals surface area contributed by atoms with Gasteiger partial charge in [-0.05, 0) is 46.0 Å². The fraction of sp³-hybridized carbons (Fsp3) is 0.647.